The number of nitrogens with zero attached hydrogens (tertiary/aromatic N) is 3. The van der Waals surface area contributed by atoms with Crippen LogP contribution in [0.3, 0.4) is 0 Å². The number of aryl methyl sites for hydroxylation is 1. The van der Waals surface area contributed by atoms with Crippen molar-refractivity contribution in [2.24, 2.45) is 11.8 Å². The molecule has 0 aliphatic carbocycles. The van der Waals surface area contributed by atoms with Gasteiger partial charge in [0.1, 0.15) is 0 Å². The minimum atomic E-state index is -0.347. The molecule has 6 heteroatoms. The number of ether oxygens (including phenoxy) is 1. The summed E-state index contributed by atoms with van der Waals surface area (Å²) in [6.45, 7) is 10.5. The maximum atomic E-state index is 13.7. The molecule has 1 saturated heterocycles. The van der Waals surface area contributed by atoms with Gasteiger partial charge in [0.05, 0.1) is 24.8 Å². The Hall–Kier alpha value is -2.37. The first-order chi connectivity index (χ1) is 13.4. The van der Waals surface area contributed by atoms with Gasteiger partial charge in [-0.05, 0) is 51.3 Å². The van der Waals surface area contributed by atoms with E-state index in [-0.39, 0.29) is 29.3 Å². The van der Waals surface area contributed by atoms with E-state index in [1.165, 1.54) is 11.6 Å². The Bertz CT molecular complexity index is 833. The van der Waals surface area contributed by atoms with Crippen molar-refractivity contribution in [3.63, 3.8) is 0 Å². The molecule has 2 aromatic rings. The second kappa shape index (κ2) is 8.76. The van der Waals surface area contributed by atoms with Crippen LogP contribution in [0.1, 0.15) is 36.7 Å². The van der Waals surface area contributed by atoms with E-state index in [1.807, 2.05) is 30.4 Å². The molecule has 0 N–H and O–H groups in total. The number of carbonyl (C=O) groups is 1. The number of hydrogen-bond donors (Lipinski definition) is 0. The largest absolute Gasteiger partial charge is 0.490 e. The van der Waals surface area contributed by atoms with E-state index in [1.54, 1.807) is 18.2 Å². The highest BCUT2D eigenvalue weighted by molar-refractivity contribution is 5.78. The zero-order valence-electron chi connectivity index (χ0n) is 17.2. The lowest BCUT2D eigenvalue weighted by Crippen LogP contribution is -2.44. The molecular formula is C22H30FN3O2. The molecular weight excluding hydrogens is 357 g/mol. The van der Waals surface area contributed by atoms with Gasteiger partial charge >= 0.3 is 0 Å². The third-order valence-electron chi connectivity index (χ3n) is 5.75. The highest BCUT2D eigenvalue weighted by atomic mass is 19.1. The average Bonchev–Trinajstić information content (AvgIpc) is 2.93. The van der Waals surface area contributed by atoms with Gasteiger partial charge in [-0.2, -0.15) is 5.10 Å². The van der Waals surface area contributed by atoms with Gasteiger partial charge in [-0.15, -0.1) is 0 Å². The van der Waals surface area contributed by atoms with Crippen LogP contribution in [0.15, 0.2) is 24.3 Å². The summed E-state index contributed by atoms with van der Waals surface area (Å²) in [5.74, 6) is 0.170. The van der Waals surface area contributed by atoms with Crippen molar-refractivity contribution in [3.8, 4) is 5.75 Å². The second-order valence-electron chi connectivity index (χ2n) is 7.91. The first-order valence-corrected chi connectivity index (χ1v) is 10.0. The van der Waals surface area contributed by atoms with Gasteiger partial charge in [0.15, 0.2) is 11.6 Å². The summed E-state index contributed by atoms with van der Waals surface area (Å²) in [6.07, 6.45) is 1.94. The van der Waals surface area contributed by atoms with Crippen LogP contribution >= 0.6 is 0 Å². The summed E-state index contributed by atoms with van der Waals surface area (Å²) < 4.78 is 21.3. The van der Waals surface area contributed by atoms with E-state index in [4.69, 9.17) is 4.74 Å². The number of rotatable bonds is 6. The topological polar surface area (TPSA) is 47.4 Å². The molecule has 0 unspecified atom stereocenters. The Balaban J connectivity index is 1.56. The van der Waals surface area contributed by atoms with Crippen LogP contribution in [0.2, 0.25) is 0 Å². The maximum Gasteiger partial charge on any atom is 0.227 e. The zero-order valence-corrected chi connectivity index (χ0v) is 17.2. The van der Waals surface area contributed by atoms with E-state index in [9.17, 15) is 9.18 Å². The first-order valence-electron chi connectivity index (χ1n) is 10.0. The molecule has 152 valence electrons. The van der Waals surface area contributed by atoms with Gasteiger partial charge in [0, 0.05) is 24.7 Å². The molecule has 0 spiro atoms. The zero-order chi connectivity index (χ0) is 20.3. The number of piperidine rings is 1. The molecule has 2 heterocycles. The normalized spacial score (nSPS) is 18.2. The third kappa shape index (κ3) is 4.54. The van der Waals surface area contributed by atoms with Crippen molar-refractivity contribution in [3.05, 3.63) is 47.0 Å². The van der Waals surface area contributed by atoms with Crippen LogP contribution in [0.5, 0.6) is 5.75 Å². The summed E-state index contributed by atoms with van der Waals surface area (Å²) >= 11 is 0. The number of benzene rings is 1. The Morgan fingerprint density at radius 2 is 2.07 bits per heavy atom. The number of aromatic nitrogens is 2. The minimum Gasteiger partial charge on any atom is -0.490 e. The molecule has 2 atom stereocenters. The van der Waals surface area contributed by atoms with Crippen LogP contribution in [-0.4, -0.2) is 40.3 Å². The quantitative estimate of drug-likeness (QED) is 0.755. The number of para-hydroxylation sites is 1. The molecule has 28 heavy (non-hydrogen) atoms. The summed E-state index contributed by atoms with van der Waals surface area (Å²) in [6, 6.07) is 6.44. The van der Waals surface area contributed by atoms with Crippen molar-refractivity contribution in [2.45, 2.75) is 47.1 Å². The van der Waals surface area contributed by atoms with Gasteiger partial charge in [-0.1, -0.05) is 19.1 Å². The van der Waals surface area contributed by atoms with Gasteiger partial charge in [0.2, 0.25) is 5.91 Å². The lowest BCUT2D eigenvalue weighted by molar-refractivity contribution is -0.137. The predicted molar refractivity (Wildman–Crippen MR) is 107 cm³/mol. The monoisotopic (exact) mass is 387 g/mol. The lowest BCUT2D eigenvalue weighted by Gasteiger charge is -2.34. The number of hydrogen-bond acceptors (Lipinski definition) is 3. The standard InChI is InChI=1S/C22H30FN3O2/c1-15(12-26-18(4)16(2)17(3)24-26)22(27)25-11-7-8-19(13-25)14-28-21-10-6-5-9-20(21)23/h5-6,9-10,15,19H,7-8,11-14H2,1-4H3/t15-,19-/m0/s1. The maximum absolute atomic E-state index is 13.7. The van der Waals surface area contributed by atoms with Crippen LogP contribution in [0.4, 0.5) is 4.39 Å². The highest BCUT2D eigenvalue weighted by Gasteiger charge is 2.28. The molecule has 0 saturated carbocycles. The molecule has 1 aliphatic rings. The summed E-state index contributed by atoms with van der Waals surface area (Å²) in [5.41, 5.74) is 3.32. The van der Waals surface area contributed by atoms with Crippen molar-refractivity contribution in [1.29, 1.82) is 0 Å². The SMILES string of the molecule is Cc1nn(C[C@H](C)C(=O)N2CCC[C@H](COc3ccccc3F)C2)c(C)c1C. The van der Waals surface area contributed by atoms with E-state index >= 15 is 0 Å². The fraction of sp³-hybridized carbons (Fsp3) is 0.545. The number of halogens is 1. The number of amides is 1. The fourth-order valence-electron chi connectivity index (χ4n) is 3.78. The second-order valence-corrected chi connectivity index (χ2v) is 7.91. The Labute approximate surface area is 166 Å². The molecule has 1 fully saturated rings. The Kier molecular flexibility index (Phi) is 6.37. The van der Waals surface area contributed by atoms with Crippen LogP contribution in [-0.2, 0) is 11.3 Å². The van der Waals surface area contributed by atoms with Gasteiger partial charge in [-0.25, -0.2) is 4.39 Å². The smallest absolute Gasteiger partial charge is 0.227 e. The van der Waals surface area contributed by atoms with E-state index < -0.39 is 0 Å². The van der Waals surface area contributed by atoms with Crippen LogP contribution in [0, 0.1) is 38.4 Å². The van der Waals surface area contributed by atoms with E-state index in [0.29, 0.717) is 19.7 Å². The Morgan fingerprint density at radius 3 is 2.75 bits per heavy atom. The first kappa shape index (κ1) is 20.4. The average molecular weight is 387 g/mol. The lowest BCUT2D eigenvalue weighted by atomic mass is 9.97. The fourth-order valence-corrected chi connectivity index (χ4v) is 3.78. The highest BCUT2D eigenvalue weighted by Crippen LogP contribution is 2.22. The molecule has 1 aliphatic heterocycles. The van der Waals surface area contributed by atoms with Gasteiger partial charge in [0.25, 0.3) is 0 Å². The number of carbonyl (C=O) groups excluding carboxylic acids is 1. The third-order valence-corrected chi connectivity index (χ3v) is 5.75. The number of likely N-dealkylation sites (tertiary alicyclic amines) is 1. The summed E-state index contributed by atoms with van der Waals surface area (Å²) in [7, 11) is 0. The molecule has 3 rings (SSSR count). The van der Waals surface area contributed by atoms with Crippen molar-refractivity contribution >= 4 is 5.91 Å². The Morgan fingerprint density at radius 1 is 1.32 bits per heavy atom. The molecule has 1 aromatic carbocycles. The van der Waals surface area contributed by atoms with E-state index in [0.717, 1.165) is 30.8 Å². The van der Waals surface area contributed by atoms with Crippen LogP contribution < -0.4 is 4.74 Å². The predicted octanol–water partition coefficient (Wildman–Crippen LogP) is 3.90. The molecule has 1 amide bonds. The molecule has 5 nitrogen and oxygen atoms in total. The van der Waals surface area contributed by atoms with Gasteiger partial charge in [-0.3, -0.25) is 9.48 Å². The summed E-state index contributed by atoms with van der Waals surface area (Å²) in [5, 5.41) is 4.55. The van der Waals surface area contributed by atoms with E-state index in [2.05, 4.69) is 12.0 Å². The molecule has 1 aromatic heterocycles. The van der Waals surface area contributed by atoms with Crippen molar-refractivity contribution in [2.75, 3.05) is 19.7 Å². The molecule has 0 radical (unpaired) electrons. The minimum absolute atomic E-state index is 0.136. The van der Waals surface area contributed by atoms with Crippen molar-refractivity contribution in [1.82, 2.24) is 14.7 Å². The summed E-state index contributed by atoms with van der Waals surface area (Å²) in [4.78, 5) is 14.9. The molecule has 0 bridgehead atoms. The van der Waals surface area contributed by atoms with Crippen molar-refractivity contribution < 1.29 is 13.9 Å². The van der Waals surface area contributed by atoms with Crippen LogP contribution in [0.25, 0.3) is 0 Å². The van der Waals surface area contributed by atoms with Gasteiger partial charge < -0.3 is 9.64 Å².